The molecule has 0 aromatic heterocycles. The monoisotopic (exact) mass is 220 g/mol. The van der Waals surface area contributed by atoms with Crippen molar-refractivity contribution in [3.05, 3.63) is 0 Å². The van der Waals surface area contributed by atoms with Crippen molar-refractivity contribution in [1.29, 1.82) is 0 Å². The predicted molar refractivity (Wildman–Crippen MR) is 60.9 cm³/mol. The van der Waals surface area contributed by atoms with Gasteiger partial charge in [-0.05, 0) is 31.8 Å². The average molecular weight is 220 g/mol. The molecule has 0 N–H and O–H groups in total. The van der Waals surface area contributed by atoms with Gasteiger partial charge in [0.15, 0.2) is 12.4 Å². The van der Waals surface area contributed by atoms with Crippen LogP contribution >= 0.6 is 0 Å². The Labute approximate surface area is 95.6 Å². The normalized spacial score (nSPS) is 34.6. The van der Waals surface area contributed by atoms with Crippen LogP contribution in [0.25, 0.3) is 0 Å². The Kier molecular flexibility index (Phi) is 3.58. The summed E-state index contributed by atoms with van der Waals surface area (Å²) in [7, 11) is 0. The van der Waals surface area contributed by atoms with Crippen molar-refractivity contribution in [1.82, 2.24) is 4.90 Å². The van der Waals surface area contributed by atoms with Crippen LogP contribution in [0.15, 0.2) is 5.16 Å². The van der Waals surface area contributed by atoms with E-state index in [0.717, 1.165) is 12.8 Å². The van der Waals surface area contributed by atoms with Gasteiger partial charge in [0, 0.05) is 12.5 Å². The van der Waals surface area contributed by atoms with Crippen LogP contribution in [0, 0.1) is 24.2 Å². The number of aldehydes is 1. The van der Waals surface area contributed by atoms with Gasteiger partial charge in [-0.15, -0.1) is 6.42 Å². The molecule has 0 spiro atoms. The van der Waals surface area contributed by atoms with Gasteiger partial charge >= 0.3 is 0 Å². The highest BCUT2D eigenvalue weighted by Gasteiger charge is 2.39. The minimum absolute atomic E-state index is 0.302. The molecule has 0 aliphatic carbocycles. The molecule has 16 heavy (non-hydrogen) atoms. The molecule has 0 amide bonds. The van der Waals surface area contributed by atoms with Crippen molar-refractivity contribution in [3.8, 4) is 12.3 Å². The standard InChI is InChI=1S/C12H16N2O2/c1-2-12(16-13-5-8-15)11-9-14-6-3-10(11)4-7-14/h1,5,8,10-12H,3-4,6-7,9H2. The predicted octanol–water partition coefficient (Wildman–Crippen LogP) is 0.531. The number of piperidine rings is 3. The summed E-state index contributed by atoms with van der Waals surface area (Å²) in [4.78, 5) is 17.7. The molecule has 3 heterocycles. The third-order valence-corrected chi connectivity index (χ3v) is 3.56. The number of rotatable bonds is 4. The lowest BCUT2D eigenvalue weighted by atomic mass is 9.76. The van der Waals surface area contributed by atoms with E-state index in [4.69, 9.17) is 11.3 Å². The van der Waals surface area contributed by atoms with Crippen LogP contribution in [0.5, 0.6) is 0 Å². The lowest BCUT2D eigenvalue weighted by Crippen LogP contribution is -2.51. The van der Waals surface area contributed by atoms with Gasteiger partial charge in [0.25, 0.3) is 0 Å². The number of carbonyl (C=O) groups is 1. The molecule has 4 nitrogen and oxygen atoms in total. The Balaban J connectivity index is 1.96. The molecule has 0 radical (unpaired) electrons. The minimum Gasteiger partial charge on any atom is -0.379 e. The second kappa shape index (κ2) is 5.13. The van der Waals surface area contributed by atoms with E-state index in [1.165, 1.54) is 25.9 Å². The summed E-state index contributed by atoms with van der Waals surface area (Å²) in [5, 5.41) is 3.57. The quantitative estimate of drug-likeness (QED) is 0.300. The van der Waals surface area contributed by atoms with Crippen LogP contribution in [0.4, 0.5) is 0 Å². The first kappa shape index (κ1) is 11.2. The van der Waals surface area contributed by atoms with Crippen molar-refractivity contribution in [2.45, 2.75) is 18.9 Å². The first-order valence-electron chi connectivity index (χ1n) is 5.66. The maximum Gasteiger partial charge on any atom is 0.191 e. The summed E-state index contributed by atoms with van der Waals surface area (Å²) in [5.41, 5.74) is 0. The molecule has 0 aromatic rings. The number of oxime groups is 1. The number of nitrogens with zero attached hydrogens (tertiary/aromatic N) is 2. The lowest BCUT2D eigenvalue weighted by Gasteiger charge is -2.45. The zero-order valence-electron chi connectivity index (χ0n) is 9.21. The zero-order chi connectivity index (χ0) is 11.4. The molecular formula is C12H16N2O2. The van der Waals surface area contributed by atoms with E-state index in [1.54, 1.807) is 0 Å². The number of terminal acetylenes is 1. The summed E-state index contributed by atoms with van der Waals surface area (Å²) >= 11 is 0. The molecule has 86 valence electrons. The Morgan fingerprint density at radius 1 is 1.50 bits per heavy atom. The summed E-state index contributed by atoms with van der Waals surface area (Å²) in [6, 6.07) is 0. The number of carbonyl (C=O) groups excluding carboxylic acids is 1. The second-order valence-electron chi connectivity index (χ2n) is 4.39. The molecule has 2 unspecified atom stereocenters. The highest BCUT2D eigenvalue weighted by molar-refractivity contribution is 6.12. The van der Waals surface area contributed by atoms with E-state index < -0.39 is 0 Å². The van der Waals surface area contributed by atoms with Crippen molar-refractivity contribution >= 4 is 12.5 Å². The van der Waals surface area contributed by atoms with Gasteiger partial charge in [-0.2, -0.15) is 0 Å². The van der Waals surface area contributed by atoms with Gasteiger partial charge in [0.05, 0.1) is 0 Å². The molecule has 2 atom stereocenters. The maximum absolute atomic E-state index is 10.1. The van der Waals surface area contributed by atoms with E-state index in [1.807, 2.05) is 0 Å². The second-order valence-corrected chi connectivity index (χ2v) is 4.39. The largest absolute Gasteiger partial charge is 0.379 e. The van der Waals surface area contributed by atoms with Crippen molar-refractivity contribution < 1.29 is 9.63 Å². The minimum atomic E-state index is -0.302. The van der Waals surface area contributed by atoms with Crippen molar-refractivity contribution in [2.24, 2.45) is 17.0 Å². The first-order valence-corrected chi connectivity index (χ1v) is 5.66. The zero-order valence-corrected chi connectivity index (χ0v) is 9.21. The molecule has 4 heteroatoms. The third-order valence-electron chi connectivity index (χ3n) is 3.56. The number of fused-ring (bicyclic) bond motifs is 3. The van der Waals surface area contributed by atoms with Crippen molar-refractivity contribution in [2.75, 3.05) is 19.6 Å². The molecule has 3 aliphatic rings. The summed E-state index contributed by atoms with van der Waals surface area (Å²) in [5.74, 6) is 3.65. The van der Waals surface area contributed by atoms with Crippen LogP contribution in [-0.2, 0) is 9.63 Å². The smallest absolute Gasteiger partial charge is 0.191 e. The van der Waals surface area contributed by atoms with Gasteiger partial charge in [-0.1, -0.05) is 11.1 Å². The van der Waals surface area contributed by atoms with Crippen molar-refractivity contribution in [3.63, 3.8) is 0 Å². The Hall–Kier alpha value is -1.34. The fourth-order valence-corrected chi connectivity index (χ4v) is 2.71. The Morgan fingerprint density at radius 3 is 2.75 bits per heavy atom. The fraction of sp³-hybridized carbons (Fsp3) is 0.667. The summed E-state index contributed by atoms with van der Waals surface area (Å²) in [6.45, 7) is 3.35. The van der Waals surface area contributed by atoms with E-state index in [0.29, 0.717) is 18.1 Å². The van der Waals surface area contributed by atoms with E-state index in [9.17, 15) is 4.79 Å². The van der Waals surface area contributed by atoms with E-state index >= 15 is 0 Å². The van der Waals surface area contributed by atoms with E-state index in [-0.39, 0.29) is 6.10 Å². The third kappa shape index (κ3) is 2.25. The number of hydrogen-bond acceptors (Lipinski definition) is 4. The SMILES string of the molecule is C#CC(ON=CC=O)C1CN2CCC1CC2. The van der Waals surface area contributed by atoms with E-state index in [2.05, 4.69) is 16.0 Å². The summed E-state index contributed by atoms with van der Waals surface area (Å²) < 4.78 is 0. The van der Waals surface area contributed by atoms with Crippen LogP contribution in [-0.4, -0.2) is 43.1 Å². The molecule has 0 aromatic carbocycles. The first-order chi connectivity index (χ1) is 7.85. The maximum atomic E-state index is 10.1. The molecule has 3 rings (SSSR count). The Morgan fingerprint density at radius 2 is 2.25 bits per heavy atom. The molecular weight excluding hydrogens is 204 g/mol. The fourth-order valence-electron chi connectivity index (χ4n) is 2.71. The highest BCUT2D eigenvalue weighted by atomic mass is 16.6. The van der Waals surface area contributed by atoms with Gasteiger partial charge in [-0.3, -0.25) is 4.79 Å². The van der Waals surface area contributed by atoms with Gasteiger partial charge in [0.2, 0.25) is 0 Å². The average Bonchev–Trinajstić information content (AvgIpc) is 2.36. The highest BCUT2D eigenvalue weighted by Crippen LogP contribution is 2.35. The molecule has 2 bridgehead atoms. The summed E-state index contributed by atoms with van der Waals surface area (Å²) in [6.07, 6.45) is 9.23. The number of hydrogen-bond donors (Lipinski definition) is 0. The molecule has 3 saturated heterocycles. The van der Waals surface area contributed by atoms with Gasteiger partial charge < -0.3 is 9.74 Å². The molecule has 3 fully saturated rings. The van der Waals surface area contributed by atoms with Crippen LogP contribution in [0.1, 0.15) is 12.8 Å². The van der Waals surface area contributed by atoms with Crippen LogP contribution in [0.3, 0.4) is 0 Å². The van der Waals surface area contributed by atoms with Crippen LogP contribution in [0.2, 0.25) is 0 Å². The van der Waals surface area contributed by atoms with Gasteiger partial charge in [0.1, 0.15) is 6.21 Å². The van der Waals surface area contributed by atoms with Crippen LogP contribution < -0.4 is 0 Å². The molecule has 3 aliphatic heterocycles. The molecule has 0 saturated carbocycles. The Bertz CT molecular complexity index is 313. The van der Waals surface area contributed by atoms with Gasteiger partial charge in [-0.25, -0.2) is 0 Å². The lowest BCUT2D eigenvalue weighted by molar-refractivity contribution is -0.102. The topological polar surface area (TPSA) is 41.9 Å².